The Balaban J connectivity index is 1.75. The maximum atomic E-state index is 14.6. The van der Waals surface area contributed by atoms with Gasteiger partial charge < -0.3 is 43.0 Å². The number of nitrogens with zero attached hydrogens (tertiary/aromatic N) is 1. The van der Waals surface area contributed by atoms with Crippen molar-refractivity contribution in [1.29, 1.82) is 0 Å². The molecular formula is C56H90NO14P. The molecule has 0 unspecified atom stereocenters. The van der Waals surface area contributed by atoms with E-state index in [-0.39, 0.29) is 72.9 Å². The number of ketones is 3. The van der Waals surface area contributed by atoms with Crippen molar-refractivity contribution in [2.75, 3.05) is 41.2 Å². The maximum Gasteiger partial charge on any atom is 0.329 e. The summed E-state index contributed by atoms with van der Waals surface area (Å²) in [4.78, 5) is 73.2. The molecule has 1 saturated carbocycles. The summed E-state index contributed by atoms with van der Waals surface area (Å²) in [5, 5.41) is 12.0. The third-order valence-corrected chi connectivity index (χ3v) is 16.0. The zero-order valence-electron chi connectivity index (χ0n) is 46.0. The van der Waals surface area contributed by atoms with Gasteiger partial charge in [0.2, 0.25) is 5.79 Å². The van der Waals surface area contributed by atoms with Gasteiger partial charge in [0.05, 0.1) is 30.5 Å². The molecule has 0 spiro atoms. The number of Topliss-reactive ketones (excluding diaryl/α,β-unsaturated/α-hetero) is 3. The largest absolute Gasteiger partial charge is 0.460 e. The number of cyclic esters (lactones) is 1. The number of piperidine rings is 1. The average molecular weight is 1030 g/mol. The van der Waals surface area contributed by atoms with Crippen molar-refractivity contribution in [3.63, 3.8) is 0 Å². The summed E-state index contributed by atoms with van der Waals surface area (Å²) in [6.45, 7) is 20.1. The van der Waals surface area contributed by atoms with Crippen LogP contribution in [0.15, 0.2) is 47.6 Å². The number of amides is 1. The van der Waals surface area contributed by atoms with Crippen molar-refractivity contribution in [2.24, 2.45) is 35.5 Å². The molecule has 3 fully saturated rings. The summed E-state index contributed by atoms with van der Waals surface area (Å²) in [5.74, 6) is -7.62. The Morgan fingerprint density at radius 3 is 2.17 bits per heavy atom. The molecule has 2 bridgehead atoms. The van der Waals surface area contributed by atoms with E-state index in [4.69, 9.17) is 32.9 Å². The number of allylic oxidation sites excluding steroid dienone is 6. The van der Waals surface area contributed by atoms with Crippen molar-refractivity contribution < 1.29 is 66.6 Å². The monoisotopic (exact) mass is 1030 g/mol. The molecule has 15 nitrogen and oxygen atoms in total. The number of carbonyl (C=O) groups excluding carboxylic acids is 5. The van der Waals surface area contributed by atoms with E-state index >= 15 is 0 Å². The molecule has 0 radical (unpaired) electrons. The van der Waals surface area contributed by atoms with Gasteiger partial charge in [-0.2, -0.15) is 0 Å². The number of aliphatic hydroxyl groups is 1. The minimum absolute atomic E-state index is 0.0462. The number of esters is 1. The van der Waals surface area contributed by atoms with E-state index in [0.29, 0.717) is 63.4 Å². The van der Waals surface area contributed by atoms with Crippen LogP contribution in [-0.4, -0.2) is 141 Å². The number of ether oxygens (including phenoxy) is 6. The Bertz CT molecular complexity index is 2010. The smallest absolute Gasteiger partial charge is 0.329 e. The van der Waals surface area contributed by atoms with E-state index in [0.717, 1.165) is 12.0 Å². The lowest BCUT2D eigenvalue weighted by Crippen LogP contribution is -2.61. The van der Waals surface area contributed by atoms with Gasteiger partial charge >= 0.3 is 5.97 Å². The van der Waals surface area contributed by atoms with Crippen molar-refractivity contribution in [3.05, 3.63) is 47.6 Å². The highest BCUT2D eigenvalue weighted by atomic mass is 31.2. The fraction of sp³-hybridized carbons (Fsp3) is 0.768. The second-order valence-corrected chi connectivity index (χ2v) is 24.8. The Hall–Kier alpha value is -3.14. The van der Waals surface area contributed by atoms with E-state index in [1.54, 1.807) is 47.5 Å². The van der Waals surface area contributed by atoms with E-state index in [1.165, 1.54) is 12.0 Å². The van der Waals surface area contributed by atoms with Gasteiger partial charge in [0.25, 0.3) is 11.7 Å². The van der Waals surface area contributed by atoms with Crippen LogP contribution in [0.2, 0.25) is 0 Å². The first-order chi connectivity index (χ1) is 33.8. The molecule has 4 rings (SSSR count). The lowest BCUT2D eigenvalue weighted by molar-refractivity contribution is -0.265. The van der Waals surface area contributed by atoms with Crippen LogP contribution in [0.25, 0.3) is 0 Å². The zero-order chi connectivity index (χ0) is 53.7. The zero-order valence-corrected chi connectivity index (χ0v) is 46.9. The van der Waals surface area contributed by atoms with Crippen LogP contribution in [-0.2, 0) is 61.5 Å². The third-order valence-electron chi connectivity index (χ3n) is 15.2. The average Bonchev–Trinajstić information content (AvgIpc) is 3.32. The number of fused-ring (bicyclic) bond motifs is 3. The molecule has 3 aliphatic heterocycles. The van der Waals surface area contributed by atoms with Gasteiger partial charge in [0.1, 0.15) is 30.1 Å². The number of hydrogen-bond donors (Lipinski definition) is 1. The van der Waals surface area contributed by atoms with Crippen LogP contribution < -0.4 is 0 Å². The predicted octanol–water partition coefficient (Wildman–Crippen LogP) is 9.18. The first-order valence-corrected chi connectivity index (χ1v) is 29.0. The lowest BCUT2D eigenvalue weighted by Gasteiger charge is -2.42. The highest BCUT2D eigenvalue weighted by Crippen LogP contribution is 2.45. The van der Waals surface area contributed by atoms with Crippen LogP contribution in [0, 0.1) is 35.5 Å². The summed E-state index contributed by atoms with van der Waals surface area (Å²) >= 11 is 0. The minimum Gasteiger partial charge on any atom is -0.460 e. The van der Waals surface area contributed by atoms with Gasteiger partial charge in [-0.3, -0.25) is 23.7 Å². The van der Waals surface area contributed by atoms with Crippen LogP contribution in [0.5, 0.6) is 0 Å². The van der Waals surface area contributed by atoms with Gasteiger partial charge in [0.15, 0.2) is 13.2 Å². The molecule has 0 aromatic rings. The fourth-order valence-electron chi connectivity index (χ4n) is 11.0. The van der Waals surface area contributed by atoms with Crippen LogP contribution >= 0.6 is 7.37 Å². The van der Waals surface area contributed by atoms with E-state index in [1.807, 2.05) is 71.9 Å². The Labute approximate surface area is 431 Å². The number of methoxy groups -OCH3 is 3. The molecule has 408 valence electrons. The Morgan fingerprint density at radius 1 is 0.819 bits per heavy atom. The topological polar surface area (TPSA) is 190 Å². The van der Waals surface area contributed by atoms with Crippen molar-refractivity contribution in [2.45, 2.75) is 200 Å². The van der Waals surface area contributed by atoms with Gasteiger partial charge in [0, 0.05) is 71.8 Å². The first kappa shape index (κ1) is 61.4. The lowest BCUT2D eigenvalue weighted by atomic mass is 9.78. The third kappa shape index (κ3) is 17.2. The van der Waals surface area contributed by atoms with Crippen LogP contribution in [0.4, 0.5) is 0 Å². The molecule has 1 amide bonds. The molecule has 0 aromatic carbocycles. The van der Waals surface area contributed by atoms with E-state index in [9.17, 15) is 33.6 Å². The molecule has 72 heavy (non-hydrogen) atoms. The van der Waals surface area contributed by atoms with Gasteiger partial charge in [-0.25, -0.2) is 4.79 Å². The normalized spacial score (nSPS) is 38.0. The van der Waals surface area contributed by atoms with E-state index in [2.05, 4.69) is 6.92 Å². The predicted molar refractivity (Wildman–Crippen MR) is 277 cm³/mol. The molecular weight excluding hydrogens is 942 g/mol. The van der Waals surface area contributed by atoms with Crippen molar-refractivity contribution in [3.8, 4) is 0 Å². The second-order valence-electron chi connectivity index (χ2n) is 22.1. The van der Waals surface area contributed by atoms with Gasteiger partial charge in [-0.1, -0.05) is 71.1 Å². The highest BCUT2D eigenvalue weighted by Gasteiger charge is 2.53. The molecule has 1 aliphatic carbocycles. The summed E-state index contributed by atoms with van der Waals surface area (Å²) in [7, 11) is 1.90. The van der Waals surface area contributed by atoms with Gasteiger partial charge in [-0.15, -0.1) is 0 Å². The molecule has 1 N–H and O–H groups in total. The molecule has 4 aliphatic rings. The standard InChI is InChI=1S/C56H90NO14P/c1-34(2)68-51-40(8)29-37(5)45(58)33-48(38(6)30-42-24-26-46(49(31-42)66-11)71-72(13,14)64)69-55(62)44-22-18-19-27-57(44)54(61)53(60)56(63)41(9)23-25-43(70-56)32-47(65-10)36(4)21-17-15-16-20-35(3)28-39(7)50(59)52(51)67-12/h15-17,20-21,29,34-35,37-39,41-44,46-49,51-52,63H,18-19,22-28,30-33H2,1-14H3/b17-15+,20-16+,36-21+,40-29+/t35-,37-,38-,39-,41-,42+,43+,44+,46-,47+,48+,49-,51-,52+,56-/m1/s1. The Kier molecular flexibility index (Phi) is 24.0. The molecule has 2 saturated heterocycles. The molecule has 16 heteroatoms. The number of rotatable bonds is 10. The molecule has 0 aromatic heterocycles. The molecule has 3 heterocycles. The minimum atomic E-state index is -2.79. The van der Waals surface area contributed by atoms with Crippen molar-refractivity contribution in [1.82, 2.24) is 4.90 Å². The maximum absolute atomic E-state index is 14.6. The SMILES string of the molecule is CO[C@H]1C[C@@H]2CC[C@@H](C)[C@@](O)(O2)C(=O)C(=O)N2CCCC[C@H]2C(=O)O[C@H]([C@H](C)C[C@@H]2CC[C@@H](OP(C)(C)=O)[C@H](OC)C2)CC(=O)[C@H](C)/C=C(\C)[C@@H](OC(C)C)[C@@H](OC)C(=O)[C@H](C)C[C@H](C)/C=C/C=C/C=C/1C. The molecule has 15 atom stereocenters. The highest BCUT2D eigenvalue weighted by molar-refractivity contribution is 7.57. The fourth-order valence-corrected chi connectivity index (χ4v) is 11.9. The summed E-state index contributed by atoms with van der Waals surface area (Å²) in [6.07, 6.45) is 12.5. The Morgan fingerprint density at radius 2 is 1.53 bits per heavy atom. The van der Waals surface area contributed by atoms with Crippen molar-refractivity contribution >= 4 is 36.6 Å². The summed E-state index contributed by atoms with van der Waals surface area (Å²) in [6, 6.07) is -1.14. The number of carbonyl (C=O) groups is 5. The van der Waals surface area contributed by atoms with Crippen LogP contribution in [0.3, 0.4) is 0 Å². The second kappa shape index (κ2) is 28.1. The quantitative estimate of drug-likeness (QED) is 0.0943. The summed E-state index contributed by atoms with van der Waals surface area (Å²) < 4.78 is 55.2. The first-order valence-electron chi connectivity index (χ1n) is 26.5. The summed E-state index contributed by atoms with van der Waals surface area (Å²) in [5.41, 5.74) is 1.54. The van der Waals surface area contributed by atoms with E-state index < -0.39 is 79.2 Å². The van der Waals surface area contributed by atoms with Gasteiger partial charge in [-0.05, 0) is 121 Å². The number of hydrogen-bond acceptors (Lipinski definition) is 14. The van der Waals surface area contributed by atoms with Crippen LogP contribution in [0.1, 0.15) is 139 Å².